The number of aryl methyl sites for hydroxylation is 1. The Balaban J connectivity index is 2.30. The quantitative estimate of drug-likeness (QED) is 0.878. The van der Waals surface area contributed by atoms with Gasteiger partial charge in [0, 0.05) is 18.5 Å². The Hall–Kier alpha value is -1.35. The average Bonchev–Trinajstić information content (AvgIpc) is 2.66. The molecule has 0 aliphatic heterocycles. The highest BCUT2D eigenvalue weighted by Gasteiger charge is 2.15. The van der Waals surface area contributed by atoms with Crippen LogP contribution < -0.4 is 5.73 Å². The lowest BCUT2D eigenvalue weighted by Gasteiger charge is -2.16. The molecule has 0 spiro atoms. The summed E-state index contributed by atoms with van der Waals surface area (Å²) in [6, 6.07) is 8.63. The van der Waals surface area contributed by atoms with Gasteiger partial charge in [-0.2, -0.15) is 5.10 Å². The van der Waals surface area contributed by atoms with E-state index in [4.69, 9.17) is 5.73 Å². The molecule has 1 aromatic heterocycles. The maximum atomic E-state index is 6.08. The molecule has 1 heterocycles. The molecule has 2 atom stereocenters. The van der Waals surface area contributed by atoms with Gasteiger partial charge in [-0.15, -0.1) is 0 Å². The van der Waals surface area contributed by atoms with E-state index in [1.54, 1.807) is 0 Å². The second kappa shape index (κ2) is 4.88. The van der Waals surface area contributed by atoms with Crippen molar-refractivity contribution in [2.75, 3.05) is 0 Å². The third-order valence-corrected chi connectivity index (χ3v) is 3.55. The number of para-hydroxylation sites is 1. The number of hydrogen-bond donors (Lipinski definition) is 1. The molecule has 3 heteroatoms. The summed E-state index contributed by atoms with van der Waals surface area (Å²) in [6.45, 7) is 4.34. The fourth-order valence-corrected chi connectivity index (χ4v) is 2.30. The average molecular weight is 231 g/mol. The number of hydrogen-bond acceptors (Lipinski definition) is 2. The lowest BCUT2D eigenvalue weighted by Crippen LogP contribution is -2.28. The fourth-order valence-electron chi connectivity index (χ4n) is 2.30. The van der Waals surface area contributed by atoms with Gasteiger partial charge in [0.05, 0.1) is 11.2 Å². The van der Waals surface area contributed by atoms with Gasteiger partial charge in [0.1, 0.15) is 0 Å². The summed E-state index contributed by atoms with van der Waals surface area (Å²) in [5.41, 5.74) is 8.44. The second-order valence-electron chi connectivity index (χ2n) is 4.84. The lowest BCUT2D eigenvalue weighted by atomic mass is 9.94. The van der Waals surface area contributed by atoms with Crippen LogP contribution in [0.5, 0.6) is 0 Å². The molecule has 92 valence electrons. The number of nitrogens with zero attached hydrogens (tertiary/aromatic N) is 2. The molecule has 17 heavy (non-hydrogen) atoms. The first-order chi connectivity index (χ1) is 8.13. The van der Waals surface area contributed by atoms with E-state index < -0.39 is 0 Å². The van der Waals surface area contributed by atoms with Crippen LogP contribution >= 0.6 is 0 Å². The van der Waals surface area contributed by atoms with Gasteiger partial charge in [-0.05, 0) is 24.8 Å². The third-order valence-electron chi connectivity index (χ3n) is 3.55. The first-order valence-corrected chi connectivity index (χ1v) is 6.29. The second-order valence-corrected chi connectivity index (χ2v) is 4.84. The van der Waals surface area contributed by atoms with Gasteiger partial charge in [0.2, 0.25) is 0 Å². The van der Waals surface area contributed by atoms with E-state index in [2.05, 4.69) is 43.2 Å². The molecule has 0 aliphatic rings. The number of rotatable bonds is 4. The van der Waals surface area contributed by atoms with Crippen LogP contribution in [0.25, 0.3) is 10.9 Å². The van der Waals surface area contributed by atoms with Gasteiger partial charge in [0.25, 0.3) is 0 Å². The maximum Gasteiger partial charge on any atom is 0.0706 e. The summed E-state index contributed by atoms with van der Waals surface area (Å²) < 4.78 is 1.95. The Morgan fingerprint density at radius 3 is 2.76 bits per heavy atom. The van der Waals surface area contributed by atoms with E-state index in [1.165, 1.54) is 16.6 Å². The van der Waals surface area contributed by atoms with Crippen molar-refractivity contribution in [3.05, 3.63) is 30.0 Å². The highest BCUT2D eigenvalue weighted by atomic mass is 15.3. The Morgan fingerprint density at radius 2 is 2.06 bits per heavy atom. The summed E-state index contributed by atoms with van der Waals surface area (Å²) in [6.07, 6.45) is 1.97. The predicted octanol–water partition coefficient (Wildman–Crippen LogP) is 2.49. The summed E-state index contributed by atoms with van der Waals surface area (Å²) >= 11 is 0. The molecule has 0 saturated carbocycles. The fraction of sp³-hybridized carbons (Fsp3) is 0.500. The third kappa shape index (κ3) is 2.34. The number of benzene rings is 1. The molecule has 2 unspecified atom stereocenters. The van der Waals surface area contributed by atoms with Crippen LogP contribution in [-0.2, 0) is 13.5 Å². The summed E-state index contributed by atoms with van der Waals surface area (Å²) in [5.74, 6) is 0.471. The van der Waals surface area contributed by atoms with Gasteiger partial charge >= 0.3 is 0 Å². The van der Waals surface area contributed by atoms with Gasteiger partial charge in [-0.3, -0.25) is 4.68 Å². The number of nitrogens with two attached hydrogens (primary N) is 1. The van der Waals surface area contributed by atoms with Crippen molar-refractivity contribution in [3.8, 4) is 0 Å². The minimum atomic E-state index is 0.260. The number of fused-ring (bicyclic) bond motifs is 1. The molecule has 0 radical (unpaired) electrons. The van der Waals surface area contributed by atoms with Gasteiger partial charge in [-0.25, -0.2) is 0 Å². The zero-order chi connectivity index (χ0) is 12.4. The number of aromatic nitrogens is 2. The highest BCUT2D eigenvalue weighted by molar-refractivity contribution is 5.81. The van der Waals surface area contributed by atoms with Crippen LogP contribution in [0.4, 0.5) is 0 Å². The monoisotopic (exact) mass is 231 g/mol. The Bertz CT molecular complexity index is 501. The minimum Gasteiger partial charge on any atom is -0.327 e. The normalized spacial score (nSPS) is 15.1. The Morgan fingerprint density at radius 1 is 1.35 bits per heavy atom. The van der Waals surface area contributed by atoms with Gasteiger partial charge in [0.15, 0.2) is 0 Å². The van der Waals surface area contributed by atoms with Crippen molar-refractivity contribution >= 4 is 10.9 Å². The molecule has 0 bridgehead atoms. The predicted molar refractivity (Wildman–Crippen MR) is 71.8 cm³/mol. The standard InChI is InChI=1S/C14H21N3/c1-4-12(15)10(2)9-13-11-7-5-6-8-14(11)17(3)16-13/h5-8,10,12H,4,9,15H2,1-3H3. The van der Waals surface area contributed by atoms with Crippen molar-refractivity contribution in [1.82, 2.24) is 9.78 Å². The molecular formula is C14H21N3. The first-order valence-electron chi connectivity index (χ1n) is 6.29. The van der Waals surface area contributed by atoms with Crippen LogP contribution in [0.3, 0.4) is 0 Å². The molecule has 1 aromatic carbocycles. The van der Waals surface area contributed by atoms with Crippen LogP contribution in [0.15, 0.2) is 24.3 Å². The SMILES string of the molecule is CCC(N)C(C)Cc1nn(C)c2ccccc12. The topological polar surface area (TPSA) is 43.8 Å². The van der Waals surface area contributed by atoms with Gasteiger partial charge < -0.3 is 5.73 Å². The minimum absolute atomic E-state index is 0.260. The molecule has 2 N–H and O–H groups in total. The van der Waals surface area contributed by atoms with Crippen LogP contribution in [0.1, 0.15) is 26.0 Å². The Kier molecular flexibility index (Phi) is 3.48. The summed E-state index contributed by atoms with van der Waals surface area (Å²) in [7, 11) is 2.00. The molecule has 2 aromatic rings. The lowest BCUT2D eigenvalue weighted by molar-refractivity contribution is 0.438. The maximum absolute atomic E-state index is 6.08. The smallest absolute Gasteiger partial charge is 0.0706 e. The largest absolute Gasteiger partial charge is 0.327 e. The van der Waals surface area contributed by atoms with E-state index in [9.17, 15) is 0 Å². The van der Waals surface area contributed by atoms with E-state index in [-0.39, 0.29) is 6.04 Å². The van der Waals surface area contributed by atoms with Crippen molar-refractivity contribution in [1.29, 1.82) is 0 Å². The summed E-state index contributed by atoms with van der Waals surface area (Å²) in [5, 5.41) is 5.86. The highest BCUT2D eigenvalue weighted by Crippen LogP contribution is 2.21. The molecule has 0 saturated heterocycles. The Labute approximate surface area is 103 Å². The van der Waals surface area contributed by atoms with Crippen molar-refractivity contribution in [2.45, 2.75) is 32.7 Å². The van der Waals surface area contributed by atoms with Crippen LogP contribution in [0, 0.1) is 5.92 Å². The van der Waals surface area contributed by atoms with E-state index in [1.807, 2.05) is 11.7 Å². The van der Waals surface area contributed by atoms with Crippen molar-refractivity contribution in [3.63, 3.8) is 0 Å². The molecule has 3 nitrogen and oxygen atoms in total. The van der Waals surface area contributed by atoms with E-state index in [0.717, 1.165) is 12.8 Å². The first kappa shape index (κ1) is 12.1. The summed E-state index contributed by atoms with van der Waals surface area (Å²) in [4.78, 5) is 0. The molecular weight excluding hydrogens is 210 g/mol. The molecule has 2 rings (SSSR count). The zero-order valence-electron chi connectivity index (χ0n) is 10.9. The molecule has 0 fully saturated rings. The van der Waals surface area contributed by atoms with E-state index >= 15 is 0 Å². The van der Waals surface area contributed by atoms with Crippen LogP contribution in [-0.4, -0.2) is 15.8 Å². The molecule has 0 aliphatic carbocycles. The van der Waals surface area contributed by atoms with Gasteiger partial charge in [-0.1, -0.05) is 32.0 Å². The van der Waals surface area contributed by atoms with E-state index in [0.29, 0.717) is 5.92 Å². The van der Waals surface area contributed by atoms with Crippen molar-refractivity contribution < 1.29 is 0 Å². The van der Waals surface area contributed by atoms with Crippen molar-refractivity contribution in [2.24, 2.45) is 18.7 Å². The van der Waals surface area contributed by atoms with Crippen LogP contribution in [0.2, 0.25) is 0 Å². The zero-order valence-corrected chi connectivity index (χ0v) is 10.9. The molecule has 0 amide bonds.